The van der Waals surface area contributed by atoms with Gasteiger partial charge in [-0.3, -0.25) is 10.1 Å². The first-order valence-corrected chi connectivity index (χ1v) is 7.30. The average Bonchev–Trinajstić information content (AvgIpc) is 2.62. The van der Waals surface area contributed by atoms with Crippen molar-refractivity contribution in [2.75, 3.05) is 5.32 Å². The third-order valence-electron chi connectivity index (χ3n) is 3.29. The van der Waals surface area contributed by atoms with E-state index in [0.29, 0.717) is 5.69 Å². The molecule has 0 aliphatic heterocycles. The number of nitro groups is 1. The summed E-state index contributed by atoms with van der Waals surface area (Å²) in [7, 11) is 0. The van der Waals surface area contributed by atoms with E-state index in [9.17, 15) is 10.1 Å². The lowest BCUT2D eigenvalue weighted by Crippen LogP contribution is -1.92. The molecule has 24 heavy (non-hydrogen) atoms. The van der Waals surface area contributed by atoms with E-state index in [4.69, 9.17) is 0 Å². The van der Waals surface area contributed by atoms with E-state index in [2.05, 4.69) is 15.5 Å². The zero-order valence-electron chi connectivity index (χ0n) is 12.7. The van der Waals surface area contributed by atoms with Gasteiger partial charge in [-0.1, -0.05) is 30.3 Å². The zero-order chi connectivity index (χ0) is 16.8. The molecule has 0 aromatic heterocycles. The number of nitrogens with zero attached hydrogens (tertiary/aromatic N) is 3. The van der Waals surface area contributed by atoms with Gasteiger partial charge in [0.1, 0.15) is 5.69 Å². The van der Waals surface area contributed by atoms with E-state index >= 15 is 0 Å². The number of hydrogen-bond acceptors (Lipinski definition) is 5. The molecule has 0 fully saturated rings. The van der Waals surface area contributed by atoms with E-state index in [0.717, 1.165) is 17.1 Å². The van der Waals surface area contributed by atoms with Crippen LogP contribution in [0.3, 0.4) is 0 Å². The molecule has 0 saturated heterocycles. The zero-order valence-corrected chi connectivity index (χ0v) is 12.7. The van der Waals surface area contributed by atoms with Crippen molar-refractivity contribution in [3.8, 4) is 0 Å². The van der Waals surface area contributed by atoms with Crippen molar-refractivity contribution in [2.24, 2.45) is 10.2 Å². The third-order valence-corrected chi connectivity index (χ3v) is 3.29. The van der Waals surface area contributed by atoms with Crippen molar-refractivity contribution in [2.45, 2.75) is 0 Å². The Hall–Kier alpha value is -3.54. The van der Waals surface area contributed by atoms with E-state index in [1.807, 2.05) is 54.6 Å². The first-order chi connectivity index (χ1) is 11.7. The van der Waals surface area contributed by atoms with Crippen LogP contribution in [0.15, 0.2) is 89.1 Å². The van der Waals surface area contributed by atoms with Gasteiger partial charge in [0.05, 0.1) is 16.3 Å². The van der Waals surface area contributed by atoms with Crippen LogP contribution in [-0.2, 0) is 0 Å². The predicted molar refractivity (Wildman–Crippen MR) is 93.4 cm³/mol. The largest absolute Gasteiger partial charge is 0.354 e. The standard InChI is InChI=1S/C18H14N4O2/c23-22(24)16-12-10-14(11-13-16)19-17-8-4-5-9-18(17)21-20-15-6-2-1-3-7-15/h1-13,19H. The Morgan fingerprint density at radius 2 is 1.46 bits per heavy atom. The Balaban J connectivity index is 1.81. The lowest BCUT2D eigenvalue weighted by molar-refractivity contribution is -0.384. The summed E-state index contributed by atoms with van der Waals surface area (Å²) in [6.45, 7) is 0. The molecule has 0 radical (unpaired) electrons. The molecule has 0 atom stereocenters. The van der Waals surface area contributed by atoms with Crippen LogP contribution in [0.4, 0.5) is 28.4 Å². The fourth-order valence-electron chi connectivity index (χ4n) is 2.09. The van der Waals surface area contributed by atoms with Gasteiger partial charge in [0.25, 0.3) is 5.69 Å². The Kier molecular flexibility index (Phi) is 4.57. The van der Waals surface area contributed by atoms with Crippen molar-refractivity contribution in [1.29, 1.82) is 0 Å². The summed E-state index contributed by atoms with van der Waals surface area (Å²) >= 11 is 0. The maximum Gasteiger partial charge on any atom is 0.269 e. The van der Waals surface area contributed by atoms with Crippen molar-refractivity contribution >= 4 is 28.4 Å². The molecule has 3 aromatic carbocycles. The molecule has 0 aliphatic carbocycles. The van der Waals surface area contributed by atoms with Crippen LogP contribution in [0.25, 0.3) is 0 Å². The lowest BCUT2D eigenvalue weighted by atomic mass is 10.2. The summed E-state index contributed by atoms with van der Waals surface area (Å²) in [5, 5.41) is 22.4. The fraction of sp³-hybridized carbons (Fsp3) is 0. The van der Waals surface area contributed by atoms with Crippen LogP contribution < -0.4 is 5.32 Å². The SMILES string of the molecule is O=[N+]([O-])c1ccc(Nc2ccccc2N=Nc2ccccc2)cc1. The first-order valence-electron chi connectivity index (χ1n) is 7.30. The molecule has 118 valence electrons. The van der Waals surface area contributed by atoms with E-state index in [-0.39, 0.29) is 5.69 Å². The highest BCUT2D eigenvalue weighted by molar-refractivity contribution is 5.72. The van der Waals surface area contributed by atoms with Crippen molar-refractivity contribution in [3.63, 3.8) is 0 Å². The topological polar surface area (TPSA) is 79.9 Å². The molecular weight excluding hydrogens is 304 g/mol. The van der Waals surface area contributed by atoms with Gasteiger partial charge in [0.2, 0.25) is 0 Å². The molecule has 0 spiro atoms. The van der Waals surface area contributed by atoms with Crippen molar-refractivity contribution in [1.82, 2.24) is 0 Å². The summed E-state index contributed by atoms with van der Waals surface area (Å²) in [5.41, 5.74) is 3.01. The summed E-state index contributed by atoms with van der Waals surface area (Å²) in [4.78, 5) is 10.3. The normalized spacial score (nSPS) is 10.7. The van der Waals surface area contributed by atoms with Crippen LogP contribution >= 0.6 is 0 Å². The van der Waals surface area contributed by atoms with Crippen LogP contribution in [0, 0.1) is 10.1 Å². The highest BCUT2D eigenvalue weighted by atomic mass is 16.6. The van der Waals surface area contributed by atoms with Gasteiger partial charge >= 0.3 is 0 Å². The second kappa shape index (κ2) is 7.15. The molecule has 0 saturated carbocycles. The van der Waals surface area contributed by atoms with Gasteiger partial charge < -0.3 is 5.32 Å². The smallest absolute Gasteiger partial charge is 0.269 e. The Bertz CT molecular complexity index is 862. The number of anilines is 2. The van der Waals surface area contributed by atoms with Crippen LogP contribution in [0.5, 0.6) is 0 Å². The Labute approximate surface area is 138 Å². The second-order valence-corrected chi connectivity index (χ2v) is 4.98. The highest BCUT2D eigenvalue weighted by Gasteiger charge is 2.05. The van der Waals surface area contributed by atoms with E-state index < -0.39 is 4.92 Å². The van der Waals surface area contributed by atoms with Gasteiger partial charge in [-0.05, 0) is 36.4 Å². The van der Waals surface area contributed by atoms with Gasteiger partial charge in [-0.15, -0.1) is 5.11 Å². The summed E-state index contributed by atoms with van der Waals surface area (Å²) in [6, 6.07) is 23.2. The van der Waals surface area contributed by atoms with Crippen molar-refractivity contribution < 1.29 is 4.92 Å². The van der Waals surface area contributed by atoms with Gasteiger partial charge in [0.15, 0.2) is 0 Å². The molecule has 1 N–H and O–H groups in total. The first kappa shape index (κ1) is 15.4. The summed E-state index contributed by atoms with van der Waals surface area (Å²) in [5.74, 6) is 0. The quantitative estimate of drug-likeness (QED) is 0.369. The average molecular weight is 318 g/mol. The number of azo groups is 1. The number of rotatable bonds is 5. The minimum Gasteiger partial charge on any atom is -0.354 e. The van der Waals surface area contributed by atoms with Gasteiger partial charge in [-0.2, -0.15) is 5.11 Å². The molecule has 3 aromatic rings. The number of nitro benzene ring substituents is 1. The van der Waals surface area contributed by atoms with Crippen LogP contribution in [-0.4, -0.2) is 4.92 Å². The molecule has 0 aliphatic rings. The Morgan fingerprint density at radius 1 is 0.792 bits per heavy atom. The van der Waals surface area contributed by atoms with Crippen LogP contribution in [0.2, 0.25) is 0 Å². The number of non-ortho nitro benzene ring substituents is 1. The van der Waals surface area contributed by atoms with Crippen molar-refractivity contribution in [3.05, 3.63) is 89.0 Å². The van der Waals surface area contributed by atoms with E-state index in [1.165, 1.54) is 12.1 Å². The number of nitrogens with one attached hydrogen (secondary N) is 1. The van der Waals surface area contributed by atoms with Crippen LogP contribution in [0.1, 0.15) is 0 Å². The molecular formula is C18H14N4O2. The maximum atomic E-state index is 10.7. The molecule has 0 bridgehead atoms. The molecule has 0 unspecified atom stereocenters. The molecule has 0 heterocycles. The Morgan fingerprint density at radius 3 is 2.17 bits per heavy atom. The molecule has 6 heteroatoms. The third kappa shape index (κ3) is 3.80. The second-order valence-electron chi connectivity index (χ2n) is 4.98. The van der Waals surface area contributed by atoms with Gasteiger partial charge in [-0.25, -0.2) is 0 Å². The molecule has 3 rings (SSSR count). The summed E-state index contributed by atoms with van der Waals surface area (Å²) < 4.78 is 0. The molecule has 0 amide bonds. The minimum absolute atomic E-state index is 0.0533. The maximum absolute atomic E-state index is 10.7. The number of benzene rings is 3. The summed E-state index contributed by atoms with van der Waals surface area (Å²) in [6.07, 6.45) is 0. The number of hydrogen-bond donors (Lipinski definition) is 1. The minimum atomic E-state index is -0.425. The number of para-hydroxylation sites is 1. The lowest BCUT2D eigenvalue weighted by Gasteiger charge is -2.08. The predicted octanol–water partition coefficient (Wildman–Crippen LogP) is 5.75. The van der Waals surface area contributed by atoms with E-state index in [1.54, 1.807) is 12.1 Å². The molecule has 6 nitrogen and oxygen atoms in total. The monoisotopic (exact) mass is 318 g/mol. The van der Waals surface area contributed by atoms with Gasteiger partial charge in [0, 0.05) is 17.8 Å². The fourth-order valence-corrected chi connectivity index (χ4v) is 2.09. The highest BCUT2D eigenvalue weighted by Crippen LogP contribution is 2.29.